The van der Waals surface area contributed by atoms with Gasteiger partial charge in [-0.15, -0.1) is 0 Å². The van der Waals surface area contributed by atoms with Crippen molar-refractivity contribution in [2.45, 2.75) is 51.9 Å². The van der Waals surface area contributed by atoms with E-state index in [-0.39, 0.29) is 11.8 Å². The summed E-state index contributed by atoms with van der Waals surface area (Å²) in [7, 11) is 0. The van der Waals surface area contributed by atoms with Crippen molar-refractivity contribution in [2.24, 2.45) is 11.8 Å². The molecule has 0 unspecified atom stereocenters. The topological polar surface area (TPSA) is 55.1 Å². The average molecular weight is 300 g/mol. The van der Waals surface area contributed by atoms with Gasteiger partial charge < -0.3 is 9.84 Å². The van der Waals surface area contributed by atoms with Gasteiger partial charge in [-0.05, 0) is 43.7 Å². The molecular weight excluding hydrogens is 276 g/mol. The first-order chi connectivity index (χ1) is 10.8. The summed E-state index contributed by atoms with van der Waals surface area (Å²) in [5.41, 5.74) is 0.709. The Balaban J connectivity index is 1.57. The molecule has 1 aromatic heterocycles. The van der Waals surface area contributed by atoms with Gasteiger partial charge in [0.2, 0.25) is 5.91 Å². The number of carbonyl (C=O) groups is 1. The Morgan fingerprint density at radius 3 is 2.82 bits per heavy atom. The summed E-state index contributed by atoms with van der Waals surface area (Å²) in [6.07, 6.45) is 8.24. The number of hydrogen-bond acceptors (Lipinski definition) is 3. The quantitative estimate of drug-likeness (QED) is 0.866. The summed E-state index contributed by atoms with van der Waals surface area (Å²) in [4.78, 5) is 12.4. The van der Waals surface area contributed by atoms with Crippen molar-refractivity contribution >= 4 is 22.7 Å². The molecule has 1 aliphatic rings. The number of anilines is 1. The van der Waals surface area contributed by atoms with Crippen LogP contribution in [0.2, 0.25) is 0 Å². The zero-order valence-corrected chi connectivity index (χ0v) is 13.2. The standard InChI is InChI=1S/C18H24N2O2/c1-2-3-6-13-9-11-14(12-10-13)18(21)19-17-15-7-4-5-8-16(15)22-20-17/h4-5,7-8,13-14H,2-3,6,9-12H2,1H3,(H,19,20,21). The van der Waals surface area contributed by atoms with Gasteiger partial charge in [0.15, 0.2) is 11.4 Å². The van der Waals surface area contributed by atoms with Crippen LogP contribution in [0.25, 0.3) is 11.0 Å². The van der Waals surface area contributed by atoms with E-state index in [9.17, 15) is 4.79 Å². The molecule has 0 atom stereocenters. The molecule has 0 saturated heterocycles. The maximum atomic E-state index is 12.4. The Labute approximate surface area is 131 Å². The van der Waals surface area contributed by atoms with Crippen LogP contribution in [0.5, 0.6) is 0 Å². The number of hydrogen-bond donors (Lipinski definition) is 1. The highest BCUT2D eigenvalue weighted by atomic mass is 16.5. The fourth-order valence-electron chi connectivity index (χ4n) is 3.40. The lowest BCUT2D eigenvalue weighted by molar-refractivity contribution is -0.121. The normalized spacial score (nSPS) is 21.9. The van der Waals surface area contributed by atoms with Crippen molar-refractivity contribution in [1.82, 2.24) is 5.16 Å². The molecule has 0 aliphatic heterocycles. The molecule has 3 rings (SSSR count). The molecule has 0 spiro atoms. The molecule has 1 heterocycles. The number of fused-ring (bicyclic) bond motifs is 1. The molecule has 1 fully saturated rings. The summed E-state index contributed by atoms with van der Waals surface area (Å²) in [5.74, 6) is 1.58. The predicted molar refractivity (Wildman–Crippen MR) is 87.6 cm³/mol. The second-order valence-corrected chi connectivity index (χ2v) is 6.38. The van der Waals surface area contributed by atoms with Crippen LogP contribution in [-0.4, -0.2) is 11.1 Å². The van der Waals surface area contributed by atoms with E-state index in [0.717, 1.165) is 24.1 Å². The summed E-state index contributed by atoms with van der Waals surface area (Å²) in [6, 6.07) is 7.60. The van der Waals surface area contributed by atoms with Crippen molar-refractivity contribution in [3.8, 4) is 0 Å². The van der Waals surface area contributed by atoms with Gasteiger partial charge in [-0.25, -0.2) is 0 Å². The lowest BCUT2D eigenvalue weighted by atomic mass is 9.79. The lowest BCUT2D eigenvalue weighted by Gasteiger charge is -2.27. The van der Waals surface area contributed by atoms with E-state index in [4.69, 9.17) is 4.52 Å². The maximum Gasteiger partial charge on any atom is 0.228 e. The summed E-state index contributed by atoms with van der Waals surface area (Å²) in [6.45, 7) is 2.24. The largest absolute Gasteiger partial charge is 0.354 e. The molecule has 118 valence electrons. The molecule has 2 aromatic rings. The van der Waals surface area contributed by atoms with Gasteiger partial charge in [-0.2, -0.15) is 0 Å². The second kappa shape index (κ2) is 6.95. The van der Waals surface area contributed by atoms with Crippen LogP contribution in [0.4, 0.5) is 5.82 Å². The third kappa shape index (κ3) is 3.32. The molecule has 1 N–H and O–H groups in total. The van der Waals surface area contributed by atoms with Crippen LogP contribution in [0.1, 0.15) is 51.9 Å². The first kappa shape index (κ1) is 15.1. The minimum absolute atomic E-state index is 0.0907. The van der Waals surface area contributed by atoms with Crippen molar-refractivity contribution < 1.29 is 9.32 Å². The number of rotatable bonds is 5. The summed E-state index contributed by atoms with van der Waals surface area (Å²) >= 11 is 0. The molecule has 22 heavy (non-hydrogen) atoms. The number of nitrogens with one attached hydrogen (secondary N) is 1. The Bertz CT molecular complexity index is 627. The Morgan fingerprint density at radius 1 is 1.27 bits per heavy atom. The van der Waals surface area contributed by atoms with Gasteiger partial charge in [0.1, 0.15) is 0 Å². The molecule has 1 aromatic carbocycles. The van der Waals surface area contributed by atoms with Crippen LogP contribution in [0.3, 0.4) is 0 Å². The van der Waals surface area contributed by atoms with Gasteiger partial charge in [0.05, 0.1) is 5.39 Å². The van der Waals surface area contributed by atoms with Gasteiger partial charge in [-0.1, -0.05) is 43.5 Å². The van der Waals surface area contributed by atoms with E-state index < -0.39 is 0 Å². The zero-order valence-electron chi connectivity index (χ0n) is 13.2. The summed E-state index contributed by atoms with van der Waals surface area (Å²) < 4.78 is 5.23. The smallest absolute Gasteiger partial charge is 0.228 e. The van der Waals surface area contributed by atoms with Crippen LogP contribution in [-0.2, 0) is 4.79 Å². The molecule has 1 amide bonds. The molecular formula is C18H24N2O2. The van der Waals surface area contributed by atoms with Gasteiger partial charge in [-0.3, -0.25) is 4.79 Å². The fourth-order valence-corrected chi connectivity index (χ4v) is 3.40. The van der Waals surface area contributed by atoms with Crippen molar-refractivity contribution in [3.05, 3.63) is 24.3 Å². The molecule has 0 bridgehead atoms. The van der Waals surface area contributed by atoms with Crippen molar-refractivity contribution in [2.75, 3.05) is 5.32 Å². The molecule has 1 saturated carbocycles. The Hall–Kier alpha value is -1.84. The van der Waals surface area contributed by atoms with E-state index in [2.05, 4.69) is 17.4 Å². The summed E-state index contributed by atoms with van der Waals surface area (Å²) in [5, 5.41) is 7.80. The number of carbonyl (C=O) groups excluding carboxylic acids is 1. The van der Waals surface area contributed by atoms with Crippen LogP contribution >= 0.6 is 0 Å². The number of aromatic nitrogens is 1. The number of unbranched alkanes of at least 4 members (excludes halogenated alkanes) is 1. The van der Waals surface area contributed by atoms with E-state index in [1.807, 2.05) is 24.3 Å². The van der Waals surface area contributed by atoms with Crippen molar-refractivity contribution in [1.29, 1.82) is 0 Å². The van der Waals surface area contributed by atoms with Crippen molar-refractivity contribution in [3.63, 3.8) is 0 Å². The third-order valence-electron chi connectivity index (χ3n) is 4.80. The monoisotopic (exact) mass is 300 g/mol. The number of benzene rings is 1. The number of amides is 1. The lowest BCUT2D eigenvalue weighted by Crippen LogP contribution is -2.27. The third-order valence-corrected chi connectivity index (χ3v) is 4.80. The zero-order chi connectivity index (χ0) is 15.4. The highest BCUT2D eigenvalue weighted by Crippen LogP contribution is 2.33. The molecule has 4 heteroatoms. The van der Waals surface area contributed by atoms with E-state index in [0.29, 0.717) is 11.4 Å². The first-order valence-corrected chi connectivity index (χ1v) is 8.43. The average Bonchev–Trinajstić information content (AvgIpc) is 2.96. The molecule has 1 aliphatic carbocycles. The SMILES string of the molecule is CCCCC1CCC(C(=O)Nc2noc3ccccc23)CC1. The van der Waals surface area contributed by atoms with Gasteiger partial charge >= 0.3 is 0 Å². The Morgan fingerprint density at radius 2 is 2.05 bits per heavy atom. The van der Waals surface area contributed by atoms with Crippen LogP contribution < -0.4 is 5.32 Å². The van der Waals surface area contributed by atoms with Crippen LogP contribution in [0.15, 0.2) is 28.8 Å². The highest BCUT2D eigenvalue weighted by Gasteiger charge is 2.26. The fraction of sp³-hybridized carbons (Fsp3) is 0.556. The highest BCUT2D eigenvalue weighted by molar-refractivity contribution is 5.99. The first-order valence-electron chi connectivity index (χ1n) is 8.43. The second-order valence-electron chi connectivity index (χ2n) is 6.38. The van der Waals surface area contributed by atoms with Gasteiger partial charge in [0, 0.05) is 5.92 Å². The number of nitrogens with zero attached hydrogens (tertiary/aromatic N) is 1. The van der Waals surface area contributed by atoms with Crippen LogP contribution in [0, 0.1) is 11.8 Å². The predicted octanol–water partition coefficient (Wildman–Crippen LogP) is 4.76. The van der Waals surface area contributed by atoms with Gasteiger partial charge in [0.25, 0.3) is 0 Å². The Kier molecular flexibility index (Phi) is 4.76. The van der Waals surface area contributed by atoms with E-state index in [1.54, 1.807) is 0 Å². The number of para-hydroxylation sites is 1. The molecule has 4 nitrogen and oxygen atoms in total. The van der Waals surface area contributed by atoms with E-state index in [1.165, 1.54) is 32.1 Å². The van der Waals surface area contributed by atoms with E-state index >= 15 is 0 Å². The minimum atomic E-state index is 0.0907. The molecule has 0 radical (unpaired) electrons. The minimum Gasteiger partial charge on any atom is -0.354 e. The maximum absolute atomic E-state index is 12.4.